The third kappa shape index (κ3) is 3.74. The van der Waals surface area contributed by atoms with Gasteiger partial charge in [0.2, 0.25) is 0 Å². The molecule has 1 unspecified atom stereocenters. The van der Waals surface area contributed by atoms with E-state index in [0.717, 1.165) is 40.8 Å². The maximum absolute atomic E-state index is 5.59. The quantitative estimate of drug-likeness (QED) is 0.784. The molecule has 1 fully saturated rings. The molecule has 0 amide bonds. The zero-order chi connectivity index (χ0) is 14.6. The largest absolute Gasteiger partial charge is 0.494 e. The van der Waals surface area contributed by atoms with Crippen LogP contribution >= 0.6 is 31.9 Å². The molecule has 1 aliphatic heterocycles. The first-order valence-electron chi connectivity index (χ1n) is 6.46. The Bertz CT molecular complexity index is 439. The predicted octanol–water partition coefficient (Wildman–Crippen LogP) is 3.12. The lowest BCUT2D eigenvalue weighted by Gasteiger charge is -2.26. The third-order valence-electron chi connectivity index (χ3n) is 3.54. The van der Waals surface area contributed by atoms with Crippen molar-refractivity contribution in [2.45, 2.75) is 18.6 Å². The van der Waals surface area contributed by atoms with Gasteiger partial charge in [-0.15, -0.1) is 0 Å². The van der Waals surface area contributed by atoms with E-state index in [2.05, 4.69) is 49.3 Å². The van der Waals surface area contributed by atoms with E-state index in [-0.39, 0.29) is 5.60 Å². The van der Waals surface area contributed by atoms with Gasteiger partial charge in [0, 0.05) is 33.2 Å². The second-order valence-corrected chi connectivity index (χ2v) is 6.59. The van der Waals surface area contributed by atoms with Crippen LogP contribution < -0.4 is 10.1 Å². The van der Waals surface area contributed by atoms with Crippen LogP contribution in [-0.4, -0.2) is 39.6 Å². The molecular formula is C14H19Br2NO3. The summed E-state index contributed by atoms with van der Waals surface area (Å²) in [5, 5.41) is 3.44. The number of hydrogen-bond donors (Lipinski definition) is 1. The summed E-state index contributed by atoms with van der Waals surface area (Å²) >= 11 is 7.03. The molecule has 0 spiro atoms. The first-order valence-corrected chi connectivity index (χ1v) is 8.04. The molecule has 1 N–H and O–H groups in total. The highest BCUT2D eigenvalue weighted by molar-refractivity contribution is 9.11. The van der Waals surface area contributed by atoms with E-state index in [1.54, 1.807) is 14.2 Å². The monoisotopic (exact) mass is 407 g/mol. The van der Waals surface area contributed by atoms with Gasteiger partial charge in [-0.3, -0.25) is 0 Å². The van der Waals surface area contributed by atoms with E-state index in [1.807, 2.05) is 0 Å². The van der Waals surface area contributed by atoms with Crippen molar-refractivity contribution in [2.24, 2.45) is 0 Å². The van der Waals surface area contributed by atoms with Crippen LogP contribution in [0.15, 0.2) is 21.1 Å². The van der Waals surface area contributed by atoms with Crippen molar-refractivity contribution in [3.63, 3.8) is 0 Å². The van der Waals surface area contributed by atoms with Gasteiger partial charge in [-0.1, -0.05) is 0 Å². The summed E-state index contributed by atoms with van der Waals surface area (Å²) in [4.78, 5) is 0. The Morgan fingerprint density at radius 2 is 2.00 bits per heavy atom. The van der Waals surface area contributed by atoms with Gasteiger partial charge in [0.1, 0.15) is 11.4 Å². The van der Waals surface area contributed by atoms with Crippen LogP contribution in [0.3, 0.4) is 0 Å². The highest BCUT2D eigenvalue weighted by Gasteiger charge is 2.34. The molecule has 0 bridgehead atoms. The molecule has 0 radical (unpaired) electrons. The number of hydrogen-bond acceptors (Lipinski definition) is 4. The summed E-state index contributed by atoms with van der Waals surface area (Å²) in [5.41, 5.74) is 0.996. The molecule has 6 heteroatoms. The summed E-state index contributed by atoms with van der Waals surface area (Å²) in [7, 11) is 3.40. The van der Waals surface area contributed by atoms with Crippen LogP contribution in [0.5, 0.6) is 5.75 Å². The molecule has 1 aromatic carbocycles. The molecule has 112 valence electrons. The van der Waals surface area contributed by atoms with Crippen molar-refractivity contribution in [3.05, 3.63) is 26.6 Å². The topological polar surface area (TPSA) is 39.7 Å². The number of rotatable bonds is 6. The maximum Gasteiger partial charge on any atom is 0.147 e. The van der Waals surface area contributed by atoms with Crippen LogP contribution in [-0.2, 0) is 16.0 Å². The lowest BCUT2D eigenvalue weighted by Crippen LogP contribution is -2.42. The fourth-order valence-corrected chi connectivity index (χ4v) is 3.91. The van der Waals surface area contributed by atoms with E-state index < -0.39 is 0 Å². The highest BCUT2D eigenvalue weighted by atomic mass is 79.9. The van der Waals surface area contributed by atoms with Gasteiger partial charge in [-0.05, 0) is 49.6 Å². The summed E-state index contributed by atoms with van der Waals surface area (Å²) < 4.78 is 18.2. The Balaban J connectivity index is 1.94. The van der Waals surface area contributed by atoms with Crippen LogP contribution in [0, 0.1) is 0 Å². The molecule has 0 aromatic heterocycles. The van der Waals surface area contributed by atoms with E-state index in [1.165, 1.54) is 5.56 Å². The minimum Gasteiger partial charge on any atom is -0.494 e. The third-order valence-corrected chi connectivity index (χ3v) is 4.72. The van der Waals surface area contributed by atoms with Crippen molar-refractivity contribution >= 4 is 31.9 Å². The summed E-state index contributed by atoms with van der Waals surface area (Å²) in [6.07, 6.45) is 0.937. The van der Waals surface area contributed by atoms with E-state index >= 15 is 0 Å². The second kappa shape index (κ2) is 7.22. The Kier molecular flexibility index (Phi) is 5.86. The number of methoxy groups -OCH3 is 2. The molecule has 1 heterocycles. The van der Waals surface area contributed by atoms with E-state index in [9.17, 15) is 0 Å². The van der Waals surface area contributed by atoms with E-state index in [4.69, 9.17) is 14.2 Å². The smallest absolute Gasteiger partial charge is 0.147 e. The zero-order valence-electron chi connectivity index (χ0n) is 11.7. The molecule has 1 aromatic rings. The molecule has 0 saturated carbocycles. The fourth-order valence-electron chi connectivity index (χ4n) is 2.31. The van der Waals surface area contributed by atoms with E-state index in [0.29, 0.717) is 6.61 Å². The maximum atomic E-state index is 5.59. The van der Waals surface area contributed by atoms with Gasteiger partial charge in [-0.25, -0.2) is 0 Å². The van der Waals surface area contributed by atoms with Crippen LogP contribution in [0.4, 0.5) is 0 Å². The van der Waals surface area contributed by atoms with Crippen LogP contribution in [0.25, 0.3) is 0 Å². The normalized spacial score (nSPS) is 22.2. The second-order valence-electron chi connectivity index (χ2n) is 4.89. The van der Waals surface area contributed by atoms with Crippen molar-refractivity contribution in [3.8, 4) is 5.75 Å². The number of halogens is 2. The molecule has 0 aliphatic carbocycles. The van der Waals surface area contributed by atoms with Gasteiger partial charge in [0.15, 0.2) is 0 Å². The molecule has 2 rings (SSSR count). The van der Waals surface area contributed by atoms with Gasteiger partial charge < -0.3 is 19.5 Å². The standard InChI is InChI=1S/C14H19Br2NO3/c1-18-13-11(15)5-10(6-12(13)16)7-17-8-14(19-2)3-4-20-9-14/h5-6,17H,3-4,7-9H2,1-2H3. The summed E-state index contributed by atoms with van der Waals surface area (Å²) in [6, 6.07) is 4.11. The molecule has 1 aliphatic rings. The van der Waals surface area contributed by atoms with Gasteiger partial charge in [0.05, 0.1) is 22.7 Å². The van der Waals surface area contributed by atoms with Crippen molar-refractivity contribution in [1.82, 2.24) is 5.32 Å². The minimum atomic E-state index is -0.180. The lowest BCUT2D eigenvalue weighted by atomic mass is 10.0. The first-order chi connectivity index (χ1) is 9.60. The summed E-state index contributed by atoms with van der Waals surface area (Å²) in [5.74, 6) is 0.811. The first kappa shape index (κ1) is 16.2. The number of nitrogens with one attached hydrogen (secondary N) is 1. The van der Waals surface area contributed by atoms with Crippen molar-refractivity contribution in [1.29, 1.82) is 0 Å². The SMILES string of the molecule is COc1c(Br)cc(CNCC2(OC)CCOC2)cc1Br. The zero-order valence-corrected chi connectivity index (χ0v) is 14.8. The summed E-state index contributed by atoms with van der Waals surface area (Å²) in [6.45, 7) is 2.98. The predicted molar refractivity (Wildman–Crippen MR) is 85.3 cm³/mol. The Morgan fingerprint density at radius 1 is 1.30 bits per heavy atom. The highest BCUT2D eigenvalue weighted by Crippen LogP contribution is 2.34. The molecule has 1 saturated heterocycles. The fraction of sp³-hybridized carbons (Fsp3) is 0.571. The van der Waals surface area contributed by atoms with Crippen LogP contribution in [0.1, 0.15) is 12.0 Å². The Hall–Kier alpha value is -0.140. The van der Waals surface area contributed by atoms with Gasteiger partial charge >= 0.3 is 0 Å². The number of benzene rings is 1. The number of ether oxygens (including phenoxy) is 3. The molecule has 20 heavy (non-hydrogen) atoms. The van der Waals surface area contributed by atoms with Crippen LogP contribution in [0.2, 0.25) is 0 Å². The average Bonchev–Trinajstić information content (AvgIpc) is 2.88. The van der Waals surface area contributed by atoms with Crippen molar-refractivity contribution in [2.75, 3.05) is 34.0 Å². The molecule has 4 nitrogen and oxygen atoms in total. The van der Waals surface area contributed by atoms with Crippen molar-refractivity contribution < 1.29 is 14.2 Å². The molecular weight excluding hydrogens is 390 g/mol. The molecule has 1 atom stereocenters. The van der Waals surface area contributed by atoms with Gasteiger partial charge in [0.25, 0.3) is 0 Å². The lowest BCUT2D eigenvalue weighted by molar-refractivity contribution is -0.0159. The Labute approximate surface area is 136 Å². The van der Waals surface area contributed by atoms with Gasteiger partial charge in [-0.2, -0.15) is 0 Å². The average molecular weight is 409 g/mol. The Morgan fingerprint density at radius 3 is 2.50 bits per heavy atom. The minimum absolute atomic E-state index is 0.180.